The van der Waals surface area contributed by atoms with E-state index in [0.29, 0.717) is 41.5 Å². The molecule has 1 heterocycles. The molecule has 0 saturated carbocycles. The molecule has 7 heteroatoms. The van der Waals surface area contributed by atoms with Crippen LogP contribution in [-0.4, -0.2) is 35.7 Å². The molecule has 0 aliphatic carbocycles. The van der Waals surface area contributed by atoms with Crippen LogP contribution in [0, 0.1) is 5.92 Å². The van der Waals surface area contributed by atoms with Crippen LogP contribution in [0.3, 0.4) is 0 Å². The lowest BCUT2D eigenvalue weighted by atomic mass is 9.97. The largest absolute Gasteiger partial charge is 0.460 e. The molecule has 1 aliphatic heterocycles. The molecule has 0 radical (unpaired) electrons. The van der Waals surface area contributed by atoms with Gasteiger partial charge in [0.05, 0.1) is 5.92 Å². The zero-order valence-electron chi connectivity index (χ0n) is 14.7. The number of ether oxygens (including phenoxy) is 2. The Hall–Kier alpha value is -1.46. The normalized spacial score (nSPS) is 15.8. The number of piperidine rings is 1. The lowest BCUT2D eigenvalue weighted by Crippen LogP contribution is -2.43. The zero-order valence-corrected chi connectivity index (χ0v) is 16.2. The minimum Gasteiger partial charge on any atom is -0.460 e. The van der Waals surface area contributed by atoms with Gasteiger partial charge in [0.1, 0.15) is 12.2 Å². The van der Waals surface area contributed by atoms with E-state index >= 15 is 0 Å². The molecule has 0 bridgehead atoms. The molecule has 25 heavy (non-hydrogen) atoms. The molecule has 2 rings (SSSR count). The van der Waals surface area contributed by atoms with Gasteiger partial charge < -0.3 is 14.4 Å². The van der Waals surface area contributed by atoms with Crippen LogP contribution in [0.5, 0.6) is 0 Å². The maximum Gasteiger partial charge on any atom is 0.410 e. The molecular weight excluding hydrogens is 365 g/mol. The summed E-state index contributed by atoms with van der Waals surface area (Å²) in [6.07, 6.45) is 0.755. The zero-order chi connectivity index (χ0) is 18.6. The number of esters is 1. The second-order valence-corrected chi connectivity index (χ2v) is 7.86. The first kappa shape index (κ1) is 19.9. The van der Waals surface area contributed by atoms with E-state index in [-0.39, 0.29) is 24.6 Å². The van der Waals surface area contributed by atoms with Gasteiger partial charge in [0.2, 0.25) is 0 Å². The molecule has 1 aromatic rings. The highest BCUT2D eigenvalue weighted by Gasteiger charge is 2.30. The molecule has 0 spiro atoms. The summed E-state index contributed by atoms with van der Waals surface area (Å²) in [6.45, 7) is 6.48. The fourth-order valence-electron chi connectivity index (χ4n) is 2.56. The number of hydrogen-bond donors (Lipinski definition) is 0. The van der Waals surface area contributed by atoms with Crippen molar-refractivity contribution in [3.63, 3.8) is 0 Å². The first-order valence-corrected chi connectivity index (χ1v) is 9.00. The molecule has 0 aromatic heterocycles. The summed E-state index contributed by atoms with van der Waals surface area (Å²) in [7, 11) is 0. The summed E-state index contributed by atoms with van der Waals surface area (Å²) in [5.41, 5.74) is 0.0755. The van der Waals surface area contributed by atoms with Gasteiger partial charge in [-0.05, 0) is 45.7 Å². The molecule has 138 valence electrons. The van der Waals surface area contributed by atoms with E-state index in [1.54, 1.807) is 23.1 Å². The maximum absolute atomic E-state index is 12.3. The van der Waals surface area contributed by atoms with Gasteiger partial charge in [-0.3, -0.25) is 4.79 Å². The van der Waals surface area contributed by atoms with Crippen molar-refractivity contribution in [1.29, 1.82) is 0 Å². The van der Waals surface area contributed by atoms with Crippen LogP contribution in [0.4, 0.5) is 4.79 Å². The SMILES string of the molecule is CC(C)(C)OC(=O)N1CCC(C(=O)OCc2c(Cl)cccc2Cl)CC1. The van der Waals surface area contributed by atoms with Crippen molar-refractivity contribution in [2.45, 2.75) is 45.8 Å². The second kappa shape index (κ2) is 8.28. The summed E-state index contributed by atoms with van der Waals surface area (Å²) < 4.78 is 10.7. The topological polar surface area (TPSA) is 55.8 Å². The van der Waals surface area contributed by atoms with Crippen LogP contribution < -0.4 is 0 Å². The number of halogens is 2. The fourth-order valence-corrected chi connectivity index (χ4v) is 3.06. The third-order valence-corrected chi connectivity index (χ3v) is 4.61. The van der Waals surface area contributed by atoms with E-state index in [1.807, 2.05) is 20.8 Å². The van der Waals surface area contributed by atoms with Crippen molar-refractivity contribution in [1.82, 2.24) is 4.90 Å². The average molecular weight is 388 g/mol. The summed E-state index contributed by atoms with van der Waals surface area (Å²) in [5.74, 6) is -0.528. The Labute approximate surface area is 158 Å². The van der Waals surface area contributed by atoms with Gasteiger partial charge in [-0.1, -0.05) is 29.3 Å². The predicted molar refractivity (Wildman–Crippen MR) is 96.8 cm³/mol. The van der Waals surface area contributed by atoms with Crippen LogP contribution in [0.15, 0.2) is 18.2 Å². The van der Waals surface area contributed by atoms with Gasteiger partial charge in [0, 0.05) is 28.7 Å². The van der Waals surface area contributed by atoms with E-state index < -0.39 is 5.60 Å². The van der Waals surface area contributed by atoms with Gasteiger partial charge in [0.25, 0.3) is 0 Å². The number of carbonyl (C=O) groups is 2. The van der Waals surface area contributed by atoms with E-state index in [9.17, 15) is 9.59 Å². The monoisotopic (exact) mass is 387 g/mol. The molecule has 1 fully saturated rings. The standard InChI is InChI=1S/C18H23Cl2NO4/c1-18(2,3)25-17(23)21-9-7-12(8-10-21)16(22)24-11-13-14(19)5-4-6-15(13)20/h4-6,12H,7-11H2,1-3H3. The Morgan fingerprint density at radius 2 is 1.72 bits per heavy atom. The van der Waals surface area contributed by atoms with Crippen molar-refractivity contribution >= 4 is 35.3 Å². The van der Waals surface area contributed by atoms with Crippen LogP contribution in [0.2, 0.25) is 10.0 Å². The number of likely N-dealkylation sites (tertiary alicyclic amines) is 1. The summed E-state index contributed by atoms with van der Waals surface area (Å²) in [5, 5.41) is 0.945. The number of carbonyl (C=O) groups excluding carboxylic acids is 2. The smallest absolute Gasteiger partial charge is 0.410 e. The molecule has 5 nitrogen and oxygen atoms in total. The van der Waals surface area contributed by atoms with Crippen LogP contribution >= 0.6 is 23.2 Å². The molecular formula is C18H23Cl2NO4. The van der Waals surface area contributed by atoms with Gasteiger partial charge in [-0.2, -0.15) is 0 Å². The number of rotatable bonds is 3. The summed E-state index contributed by atoms with van der Waals surface area (Å²) in [4.78, 5) is 25.9. The fraction of sp³-hybridized carbons (Fsp3) is 0.556. The number of amides is 1. The van der Waals surface area contributed by atoms with E-state index in [4.69, 9.17) is 32.7 Å². The Kier molecular flexibility index (Phi) is 6.58. The van der Waals surface area contributed by atoms with Crippen LogP contribution in [-0.2, 0) is 20.9 Å². The Balaban J connectivity index is 1.82. The summed E-state index contributed by atoms with van der Waals surface area (Å²) in [6, 6.07) is 5.15. The highest BCUT2D eigenvalue weighted by atomic mass is 35.5. The maximum atomic E-state index is 12.3. The van der Waals surface area contributed by atoms with Gasteiger partial charge in [-0.15, -0.1) is 0 Å². The van der Waals surface area contributed by atoms with Gasteiger partial charge in [0.15, 0.2) is 0 Å². The Bertz CT molecular complexity index is 614. The Morgan fingerprint density at radius 3 is 2.24 bits per heavy atom. The highest BCUT2D eigenvalue weighted by molar-refractivity contribution is 6.35. The van der Waals surface area contributed by atoms with Gasteiger partial charge in [-0.25, -0.2) is 4.79 Å². The molecule has 0 N–H and O–H groups in total. The molecule has 1 saturated heterocycles. The minimum absolute atomic E-state index is 0.0453. The molecule has 0 atom stereocenters. The number of benzene rings is 1. The summed E-state index contributed by atoms with van der Waals surface area (Å²) >= 11 is 12.1. The van der Waals surface area contributed by atoms with Crippen molar-refractivity contribution in [2.24, 2.45) is 5.92 Å². The highest BCUT2D eigenvalue weighted by Crippen LogP contribution is 2.26. The molecule has 1 aliphatic rings. The molecule has 0 unspecified atom stereocenters. The van der Waals surface area contributed by atoms with Crippen molar-refractivity contribution in [2.75, 3.05) is 13.1 Å². The third kappa shape index (κ3) is 5.79. The third-order valence-electron chi connectivity index (χ3n) is 3.90. The lowest BCUT2D eigenvalue weighted by molar-refractivity contribution is -0.151. The molecule has 1 aromatic carbocycles. The second-order valence-electron chi connectivity index (χ2n) is 7.05. The van der Waals surface area contributed by atoms with Crippen molar-refractivity contribution in [3.8, 4) is 0 Å². The average Bonchev–Trinajstić information content (AvgIpc) is 2.52. The van der Waals surface area contributed by atoms with Crippen LogP contribution in [0.25, 0.3) is 0 Å². The quantitative estimate of drug-likeness (QED) is 0.706. The van der Waals surface area contributed by atoms with Crippen molar-refractivity contribution < 1.29 is 19.1 Å². The van der Waals surface area contributed by atoms with E-state index in [2.05, 4.69) is 0 Å². The molecule has 1 amide bonds. The van der Waals surface area contributed by atoms with E-state index in [1.165, 1.54) is 0 Å². The van der Waals surface area contributed by atoms with Crippen LogP contribution in [0.1, 0.15) is 39.2 Å². The lowest BCUT2D eigenvalue weighted by Gasteiger charge is -2.32. The van der Waals surface area contributed by atoms with Crippen molar-refractivity contribution in [3.05, 3.63) is 33.8 Å². The first-order chi connectivity index (χ1) is 11.7. The number of nitrogens with zero attached hydrogens (tertiary/aromatic N) is 1. The predicted octanol–water partition coefficient (Wildman–Crippen LogP) is 4.68. The first-order valence-electron chi connectivity index (χ1n) is 8.25. The Morgan fingerprint density at radius 1 is 1.16 bits per heavy atom. The number of hydrogen-bond acceptors (Lipinski definition) is 4. The van der Waals surface area contributed by atoms with E-state index in [0.717, 1.165) is 0 Å². The minimum atomic E-state index is -0.527. The van der Waals surface area contributed by atoms with Gasteiger partial charge >= 0.3 is 12.1 Å².